The molecule has 1 aromatic carbocycles. The smallest absolute Gasteiger partial charge is 0.307 e. The van der Waals surface area contributed by atoms with Gasteiger partial charge in [0.15, 0.2) is 0 Å². The number of hydrogen-bond donors (Lipinski definition) is 2. The van der Waals surface area contributed by atoms with Gasteiger partial charge in [-0.05, 0) is 73.9 Å². The molecule has 34 heavy (non-hydrogen) atoms. The number of thiophene rings is 1. The first-order chi connectivity index (χ1) is 16.6. The molecule has 180 valence electrons. The van der Waals surface area contributed by atoms with Gasteiger partial charge in [0, 0.05) is 35.1 Å². The van der Waals surface area contributed by atoms with Gasteiger partial charge in [-0.3, -0.25) is 14.6 Å². The molecule has 1 atom stereocenters. The van der Waals surface area contributed by atoms with E-state index in [9.17, 15) is 9.59 Å². The van der Waals surface area contributed by atoms with Crippen molar-refractivity contribution in [2.75, 3.05) is 18.5 Å². The monoisotopic (exact) mass is 479 g/mol. The molecule has 2 N–H and O–H groups in total. The third-order valence-corrected chi connectivity index (χ3v) is 7.90. The fourth-order valence-electron chi connectivity index (χ4n) is 4.77. The van der Waals surface area contributed by atoms with Crippen LogP contribution in [0.1, 0.15) is 72.3 Å². The van der Waals surface area contributed by atoms with Crippen LogP contribution in [0, 0.1) is 12.8 Å². The van der Waals surface area contributed by atoms with Crippen molar-refractivity contribution < 1.29 is 14.3 Å². The van der Waals surface area contributed by atoms with Crippen molar-refractivity contribution >= 4 is 39.0 Å². The molecule has 7 heteroatoms. The lowest BCUT2D eigenvalue weighted by molar-refractivity contribution is -0.142. The Morgan fingerprint density at radius 3 is 2.62 bits per heavy atom. The molecule has 2 aromatic heterocycles. The lowest BCUT2D eigenvalue weighted by Gasteiger charge is -2.32. The third-order valence-electron chi connectivity index (χ3n) is 6.57. The summed E-state index contributed by atoms with van der Waals surface area (Å²) in [5.41, 5.74) is 2.92. The van der Waals surface area contributed by atoms with Crippen LogP contribution < -0.4 is 10.6 Å². The number of carbonyl (C=O) groups is 2. The van der Waals surface area contributed by atoms with E-state index >= 15 is 0 Å². The highest BCUT2D eigenvalue weighted by Crippen LogP contribution is 2.43. The number of esters is 1. The van der Waals surface area contributed by atoms with Crippen molar-refractivity contribution in [1.29, 1.82) is 0 Å². The fraction of sp³-hybridized carbons (Fsp3) is 0.444. The Hall–Kier alpha value is -2.93. The summed E-state index contributed by atoms with van der Waals surface area (Å²) in [6, 6.07) is 9.96. The molecule has 0 aliphatic heterocycles. The maximum Gasteiger partial charge on any atom is 0.307 e. The van der Waals surface area contributed by atoms with Crippen molar-refractivity contribution in [1.82, 2.24) is 10.3 Å². The summed E-state index contributed by atoms with van der Waals surface area (Å²) in [5, 5.41) is 7.87. The number of amides is 1. The first-order valence-electron chi connectivity index (χ1n) is 12.2. The molecule has 1 aliphatic carbocycles. The van der Waals surface area contributed by atoms with Crippen molar-refractivity contribution in [3.63, 3.8) is 0 Å². The fourth-order valence-corrected chi connectivity index (χ4v) is 6.09. The van der Waals surface area contributed by atoms with Crippen LogP contribution in [0.15, 0.2) is 42.7 Å². The summed E-state index contributed by atoms with van der Waals surface area (Å²) < 4.78 is 6.12. The number of hydrogen-bond acceptors (Lipinski definition) is 6. The second-order valence-electron chi connectivity index (χ2n) is 8.87. The Balaban J connectivity index is 1.47. The van der Waals surface area contributed by atoms with Gasteiger partial charge in [0.05, 0.1) is 23.8 Å². The van der Waals surface area contributed by atoms with Crippen LogP contribution in [-0.2, 0) is 9.53 Å². The van der Waals surface area contributed by atoms with Gasteiger partial charge in [0.1, 0.15) is 0 Å². The summed E-state index contributed by atoms with van der Waals surface area (Å²) >= 11 is 1.84. The van der Waals surface area contributed by atoms with E-state index in [-0.39, 0.29) is 30.9 Å². The number of aryl methyl sites for hydroxylation is 1. The third kappa shape index (κ3) is 5.76. The average Bonchev–Trinajstić information content (AvgIpc) is 3.20. The van der Waals surface area contributed by atoms with Gasteiger partial charge < -0.3 is 15.4 Å². The van der Waals surface area contributed by atoms with Crippen LogP contribution in [0.3, 0.4) is 0 Å². The van der Waals surface area contributed by atoms with E-state index in [1.54, 1.807) is 6.92 Å². The molecule has 0 radical (unpaired) electrons. The summed E-state index contributed by atoms with van der Waals surface area (Å²) in [5.74, 6) is 0.0928. The summed E-state index contributed by atoms with van der Waals surface area (Å²) in [6.45, 7) is 4.60. The second kappa shape index (κ2) is 11.5. The van der Waals surface area contributed by atoms with E-state index in [0.29, 0.717) is 18.1 Å². The number of ether oxygens (including phenoxy) is 1. The summed E-state index contributed by atoms with van der Waals surface area (Å²) in [4.78, 5) is 29.6. The summed E-state index contributed by atoms with van der Waals surface area (Å²) in [6.07, 6.45) is 10.3. The molecule has 2 heterocycles. The zero-order valence-electron chi connectivity index (χ0n) is 19.9. The van der Waals surface area contributed by atoms with Gasteiger partial charge >= 0.3 is 5.97 Å². The molecule has 3 aromatic rings. The highest BCUT2D eigenvalue weighted by atomic mass is 32.1. The largest absolute Gasteiger partial charge is 0.466 e. The number of fused-ring (bicyclic) bond motifs is 1. The number of nitrogens with one attached hydrogen (secondary N) is 2. The number of carbonyl (C=O) groups excluding carboxylic acids is 2. The van der Waals surface area contributed by atoms with Crippen LogP contribution in [0.25, 0.3) is 10.1 Å². The van der Waals surface area contributed by atoms with Gasteiger partial charge in [-0.2, -0.15) is 0 Å². The molecule has 1 fully saturated rings. The Kier molecular flexibility index (Phi) is 8.16. The maximum atomic E-state index is 12.4. The zero-order valence-corrected chi connectivity index (χ0v) is 20.7. The quantitative estimate of drug-likeness (QED) is 0.367. The number of benzene rings is 1. The van der Waals surface area contributed by atoms with E-state index in [1.165, 1.54) is 52.6 Å². The molecule has 0 spiro atoms. The molecule has 4 rings (SSSR count). The number of rotatable bonds is 9. The predicted octanol–water partition coefficient (Wildman–Crippen LogP) is 6.02. The number of nitrogens with zero attached hydrogens (tertiary/aromatic N) is 1. The van der Waals surface area contributed by atoms with Crippen LogP contribution in [0.5, 0.6) is 0 Å². The molecule has 0 saturated heterocycles. The standard InChI is InChI=1S/C27H33N3O3S/c1-3-33-24(31)14-16-29-27(32)20-9-11-21(12-10-20)30-25(19-7-5-4-6-8-19)26-18(2)22-13-15-28-17-23(22)34-26/h9-13,15,17,19,25,30H,3-8,14,16H2,1-2H3,(H,29,32). The summed E-state index contributed by atoms with van der Waals surface area (Å²) in [7, 11) is 0. The lowest BCUT2D eigenvalue weighted by atomic mass is 9.82. The van der Waals surface area contributed by atoms with E-state index in [4.69, 9.17) is 4.74 Å². The first-order valence-corrected chi connectivity index (χ1v) is 13.0. The van der Waals surface area contributed by atoms with Crippen molar-refractivity contribution in [2.24, 2.45) is 5.92 Å². The topological polar surface area (TPSA) is 80.3 Å². The lowest BCUT2D eigenvalue weighted by Crippen LogP contribution is -2.26. The Bertz CT molecular complexity index is 1120. The van der Waals surface area contributed by atoms with E-state index in [1.807, 2.05) is 48.0 Å². The first kappa shape index (κ1) is 24.2. The van der Waals surface area contributed by atoms with Crippen LogP contribution in [0.2, 0.25) is 0 Å². The number of pyridine rings is 1. The number of anilines is 1. The molecule has 1 saturated carbocycles. The SMILES string of the molecule is CCOC(=O)CCNC(=O)c1ccc(NC(c2sc3cnccc3c2C)C2CCCCC2)cc1. The second-order valence-corrected chi connectivity index (χ2v) is 9.96. The molecule has 6 nitrogen and oxygen atoms in total. The van der Waals surface area contributed by atoms with Crippen molar-refractivity contribution in [3.8, 4) is 0 Å². The van der Waals surface area contributed by atoms with Crippen molar-refractivity contribution in [2.45, 2.75) is 58.4 Å². The van der Waals surface area contributed by atoms with Gasteiger partial charge in [-0.15, -0.1) is 11.3 Å². The molecule has 1 aliphatic rings. The minimum atomic E-state index is -0.302. The van der Waals surface area contributed by atoms with Crippen LogP contribution in [-0.4, -0.2) is 30.0 Å². The highest BCUT2D eigenvalue weighted by molar-refractivity contribution is 7.19. The number of aromatic nitrogens is 1. The molecular weight excluding hydrogens is 446 g/mol. The molecular formula is C27H33N3O3S. The normalized spacial score (nSPS) is 15.1. The van der Waals surface area contributed by atoms with Crippen molar-refractivity contribution in [3.05, 3.63) is 58.7 Å². The Morgan fingerprint density at radius 2 is 1.91 bits per heavy atom. The predicted molar refractivity (Wildman–Crippen MR) is 137 cm³/mol. The maximum absolute atomic E-state index is 12.4. The molecule has 0 bridgehead atoms. The van der Waals surface area contributed by atoms with Gasteiger partial charge in [0.25, 0.3) is 5.91 Å². The van der Waals surface area contributed by atoms with Crippen LogP contribution in [0.4, 0.5) is 5.69 Å². The molecule has 1 amide bonds. The van der Waals surface area contributed by atoms with Crippen LogP contribution >= 0.6 is 11.3 Å². The Labute approximate surface area is 205 Å². The minimum absolute atomic E-state index is 0.173. The van der Waals surface area contributed by atoms with E-state index in [2.05, 4.69) is 28.6 Å². The van der Waals surface area contributed by atoms with Gasteiger partial charge in [0.2, 0.25) is 0 Å². The van der Waals surface area contributed by atoms with E-state index in [0.717, 1.165) is 5.69 Å². The highest BCUT2D eigenvalue weighted by Gasteiger charge is 2.28. The Morgan fingerprint density at radius 1 is 1.15 bits per heavy atom. The zero-order chi connectivity index (χ0) is 23.9. The average molecular weight is 480 g/mol. The molecule has 1 unspecified atom stereocenters. The van der Waals surface area contributed by atoms with Gasteiger partial charge in [-0.25, -0.2) is 0 Å². The minimum Gasteiger partial charge on any atom is -0.466 e. The van der Waals surface area contributed by atoms with Gasteiger partial charge in [-0.1, -0.05) is 19.3 Å². The van der Waals surface area contributed by atoms with E-state index < -0.39 is 0 Å².